The van der Waals surface area contributed by atoms with Gasteiger partial charge >= 0.3 is 0 Å². The number of methoxy groups -OCH3 is 1. The third-order valence-electron chi connectivity index (χ3n) is 7.20. The number of hydrogen-bond acceptors (Lipinski definition) is 4. The Hall–Kier alpha value is -3.72. The Morgan fingerprint density at radius 1 is 1.05 bits per heavy atom. The van der Waals surface area contributed by atoms with Gasteiger partial charge in [0.2, 0.25) is 5.88 Å². The van der Waals surface area contributed by atoms with Crippen LogP contribution in [-0.4, -0.2) is 42.7 Å². The van der Waals surface area contributed by atoms with E-state index in [2.05, 4.69) is 11.8 Å². The summed E-state index contributed by atoms with van der Waals surface area (Å²) in [6.45, 7) is 0.554. The second-order valence-electron chi connectivity index (χ2n) is 10.3. The maximum absolute atomic E-state index is 15.4. The zero-order chi connectivity index (χ0) is 26.7. The van der Waals surface area contributed by atoms with Crippen LogP contribution in [0.4, 0.5) is 4.39 Å². The standard InChI is InChI=1S/C33H33FN2O2/c1-36(2)20-19-33(37,28-11-7-8-12-29(28)34)31(25-9-5-4-6-10-25)27-22-26-21-24(16-15-23-13-14-23)17-18-30(26)35-32(27)38-3/h4-12,17-18,21-23,31,37H,13-14,19-20H2,1-3H3. The van der Waals surface area contributed by atoms with E-state index in [1.807, 2.05) is 73.6 Å². The smallest absolute Gasteiger partial charge is 0.217 e. The lowest BCUT2D eigenvalue weighted by Crippen LogP contribution is -2.38. The van der Waals surface area contributed by atoms with Crippen molar-refractivity contribution in [2.24, 2.45) is 5.92 Å². The summed E-state index contributed by atoms with van der Waals surface area (Å²) in [6.07, 6.45) is 2.64. The summed E-state index contributed by atoms with van der Waals surface area (Å²) in [5, 5.41) is 13.5. The predicted octanol–water partition coefficient (Wildman–Crippen LogP) is 6.12. The van der Waals surface area contributed by atoms with Crippen LogP contribution in [0.3, 0.4) is 0 Å². The van der Waals surface area contributed by atoms with Crippen molar-refractivity contribution in [3.63, 3.8) is 0 Å². The van der Waals surface area contributed by atoms with Crippen LogP contribution in [0.1, 0.15) is 47.4 Å². The quantitative estimate of drug-likeness (QED) is 0.292. The number of nitrogens with zero attached hydrogens (tertiary/aromatic N) is 2. The highest BCUT2D eigenvalue weighted by atomic mass is 19.1. The first-order valence-corrected chi connectivity index (χ1v) is 13.1. The highest BCUT2D eigenvalue weighted by molar-refractivity contribution is 5.82. The summed E-state index contributed by atoms with van der Waals surface area (Å²) in [5.74, 6) is 6.43. The molecule has 0 saturated heterocycles. The van der Waals surface area contributed by atoms with Crippen molar-refractivity contribution in [3.8, 4) is 17.7 Å². The van der Waals surface area contributed by atoms with E-state index in [4.69, 9.17) is 9.72 Å². The Morgan fingerprint density at radius 2 is 1.79 bits per heavy atom. The summed E-state index contributed by atoms with van der Waals surface area (Å²) in [4.78, 5) is 6.82. The van der Waals surface area contributed by atoms with Gasteiger partial charge in [-0.15, -0.1) is 0 Å². The minimum Gasteiger partial charge on any atom is -0.481 e. The topological polar surface area (TPSA) is 45.6 Å². The van der Waals surface area contributed by atoms with Crippen LogP contribution in [0, 0.1) is 23.6 Å². The molecule has 1 aromatic heterocycles. The highest BCUT2D eigenvalue weighted by Gasteiger charge is 2.43. The highest BCUT2D eigenvalue weighted by Crippen LogP contribution is 2.48. The zero-order valence-electron chi connectivity index (χ0n) is 22.1. The van der Waals surface area contributed by atoms with Crippen molar-refractivity contribution >= 4 is 10.9 Å². The van der Waals surface area contributed by atoms with Crippen molar-refractivity contribution in [2.75, 3.05) is 27.7 Å². The molecule has 5 heteroatoms. The van der Waals surface area contributed by atoms with Gasteiger partial charge in [-0.2, -0.15) is 0 Å². The fourth-order valence-corrected chi connectivity index (χ4v) is 5.04. The molecule has 1 N–H and O–H groups in total. The van der Waals surface area contributed by atoms with Gasteiger partial charge in [-0.25, -0.2) is 9.37 Å². The predicted molar refractivity (Wildman–Crippen MR) is 150 cm³/mol. The first-order valence-electron chi connectivity index (χ1n) is 13.1. The summed E-state index contributed by atoms with van der Waals surface area (Å²) in [7, 11) is 5.47. The van der Waals surface area contributed by atoms with Gasteiger partial charge in [0, 0.05) is 40.5 Å². The van der Waals surface area contributed by atoms with Gasteiger partial charge < -0.3 is 14.7 Å². The van der Waals surface area contributed by atoms with Gasteiger partial charge in [-0.1, -0.05) is 60.4 Å². The number of fused-ring (bicyclic) bond motifs is 1. The molecule has 4 nitrogen and oxygen atoms in total. The van der Waals surface area contributed by atoms with Crippen LogP contribution >= 0.6 is 0 Å². The molecule has 0 aliphatic heterocycles. The maximum Gasteiger partial charge on any atom is 0.217 e. The number of aromatic nitrogens is 1. The van der Waals surface area contributed by atoms with Crippen LogP contribution in [0.2, 0.25) is 0 Å². The lowest BCUT2D eigenvalue weighted by Gasteiger charge is -2.39. The Balaban J connectivity index is 1.74. The van der Waals surface area contributed by atoms with E-state index < -0.39 is 17.3 Å². The molecule has 194 valence electrons. The average molecular weight is 509 g/mol. The van der Waals surface area contributed by atoms with Gasteiger partial charge in [0.1, 0.15) is 11.4 Å². The first kappa shape index (κ1) is 25.9. The third kappa shape index (κ3) is 5.43. The molecule has 38 heavy (non-hydrogen) atoms. The molecule has 1 aliphatic carbocycles. The fourth-order valence-electron chi connectivity index (χ4n) is 5.04. The molecule has 2 unspecified atom stereocenters. The van der Waals surface area contributed by atoms with Crippen LogP contribution in [-0.2, 0) is 5.60 Å². The number of hydrogen-bond donors (Lipinski definition) is 1. The van der Waals surface area contributed by atoms with Gasteiger partial charge in [0.15, 0.2) is 0 Å². The fraction of sp³-hybridized carbons (Fsp3) is 0.303. The molecule has 5 rings (SSSR count). The Morgan fingerprint density at radius 3 is 2.47 bits per heavy atom. The Kier molecular flexibility index (Phi) is 7.46. The average Bonchev–Trinajstić information content (AvgIpc) is 3.76. The van der Waals surface area contributed by atoms with Crippen molar-refractivity contribution in [3.05, 3.63) is 107 Å². The SMILES string of the molecule is COc1nc2ccc(C#CC3CC3)cc2cc1C(c1ccccc1)C(O)(CCN(C)C)c1ccccc1F. The van der Waals surface area contributed by atoms with E-state index in [1.54, 1.807) is 25.3 Å². The summed E-state index contributed by atoms with van der Waals surface area (Å²) < 4.78 is 21.2. The molecule has 1 saturated carbocycles. The first-order chi connectivity index (χ1) is 18.4. The van der Waals surface area contributed by atoms with E-state index in [-0.39, 0.29) is 5.56 Å². The Labute approximate surface area is 224 Å². The number of rotatable bonds is 8. The lowest BCUT2D eigenvalue weighted by atomic mass is 9.71. The summed E-state index contributed by atoms with van der Waals surface area (Å²) >= 11 is 0. The molecule has 0 amide bonds. The molecule has 1 fully saturated rings. The summed E-state index contributed by atoms with van der Waals surface area (Å²) in [5.41, 5.74) is 1.92. The molecule has 1 aliphatic rings. The molecule has 0 spiro atoms. The van der Waals surface area contributed by atoms with E-state index in [1.165, 1.54) is 18.9 Å². The van der Waals surface area contributed by atoms with Crippen LogP contribution in [0.5, 0.6) is 5.88 Å². The number of benzene rings is 3. The molecule has 3 aromatic carbocycles. The van der Waals surface area contributed by atoms with E-state index >= 15 is 4.39 Å². The molecule has 2 atom stereocenters. The maximum atomic E-state index is 15.4. The lowest BCUT2D eigenvalue weighted by molar-refractivity contribution is 0.000643. The van der Waals surface area contributed by atoms with Crippen molar-refractivity contribution < 1.29 is 14.2 Å². The van der Waals surface area contributed by atoms with Gasteiger partial charge in [0.25, 0.3) is 0 Å². The van der Waals surface area contributed by atoms with Crippen LogP contribution in [0.15, 0.2) is 78.9 Å². The number of ether oxygens (including phenoxy) is 1. The molecule has 0 bridgehead atoms. The molecule has 4 aromatic rings. The molecular formula is C33H33FN2O2. The van der Waals surface area contributed by atoms with E-state index in [0.29, 0.717) is 30.3 Å². The molecule has 1 heterocycles. The minimum atomic E-state index is -1.58. The van der Waals surface area contributed by atoms with Crippen LogP contribution < -0.4 is 4.74 Å². The van der Waals surface area contributed by atoms with Gasteiger partial charge in [-0.3, -0.25) is 0 Å². The van der Waals surface area contributed by atoms with Crippen molar-refractivity contribution in [1.29, 1.82) is 0 Å². The van der Waals surface area contributed by atoms with Gasteiger partial charge in [-0.05, 0) is 69.3 Å². The van der Waals surface area contributed by atoms with Crippen LogP contribution in [0.25, 0.3) is 10.9 Å². The second-order valence-corrected chi connectivity index (χ2v) is 10.3. The largest absolute Gasteiger partial charge is 0.481 e. The zero-order valence-corrected chi connectivity index (χ0v) is 22.1. The van der Waals surface area contributed by atoms with E-state index in [0.717, 1.165) is 22.0 Å². The third-order valence-corrected chi connectivity index (χ3v) is 7.20. The summed E-state index contributed by atoms with van der Waals surface area (Å²) in [6, 6.07) is 24.2. The number of aliphatic hydroxyl groups is 1. The monoisotopic (exact) mass is 508 g/mol. The minimum absolute atomic E-state index is 0.252. The molecular weight excluding hydrogens is 475 g/mol. The number of halogens is 1. The van der Waals surface area contributed by atoms with E-state index in [9.17, 15) is 5.11 Å². The Bertz CT molecular complexity index is 1490. The van der Waals surface area contributed by atoms with Gasteiger partial charge in [0.05, 0.1) is 12.6 Å². The normalized spacial score (nSPS) is 15.5. The van der Waals surface area contributed by atoms with Crippen molar-refractivity contribution in [2.45, 2.75) is 30.8 Å². The number of pyridine rings is 1. The van der Waals surface area contributed by atoms with Crippen molar-refractivity contribution in [1.82, 2.24) is 9.88 Å². The molecule has 0 radical (unpaired) electrons. The second kappa shape index (κ2) is 10.9.